The molecule has 1 unspecified atom stereocenters. The number of hydrogen-bond donors (Lipinski definition) is 1. The maximum atomic E-state index is 12.8. The van der Waals surface area contributed by atoms with Crippen molar-refractivity contribution in [3.63, 3.8) is 0 Å². The van der Waals surface area contributed by atoms with E-state index in [1.807, 2.05) is 4.90 Å². The number of H-pyrrole nitrogens is 1. The first-order valence-corrected chi connectivity index (χ1v) is 8.38. The fourth-order valence-electron chi connectivity index (χ4n) is 3.43. The number of carbonyl (C=O) groups excluding carboxylic acids is 1. The summed E-state index contributed by atoms with van der Waals surface area (Å²) in [7, 11) is 1.72. The molecule has 1 N–H and O–H groups in total. The highest BCUT2D eigenvalue weighted by molar-refractivity contribution is 5.79. The maximum absolute atomic E-state index is 12.8. The first-order valence-electron chi connectivity index (χ1n) is 8.38. The summed E-state index contributed by atoms with van der Waals surface area (Å²) < 4.78 is 5.15. The molecule has 1 amide bonds. The van der Waals surface area contributed by atoms with E-state index in [9.17, 15) is 4.79 Å². The molecule has 8 nitrogen and oxygen atoms in total. The van der Waals surface area contributed by atoms with Crippen LogP contribution in [0, 0.1) is 5.92 Å². The summed E-state index contributed by atoms with van der Waals surface area (Å²) in [6.45, 7) is 6.72. The van der Waals surface area contributed by atoms with Gasteiger partial charge in [-0.25, -0.2) is 5.10 Å². The quantitative estimate of drug-likeness (QED) is 0.810. The third-order valence-corrected chi connectivity index (χ3v) is 4.76. The van der Waals surface area contributed by atoms with Gasteiger partial charge in [-0.2, -0.15) is 10.1 Å². The van der Waals surface area contributed by atoms with Crippen molar-refractivity contribution in [3.05, 3.63) is 6.33 Å². The van der Waals surface area contributed by atoms with Crippen LogP contribution in [-0.2, 0) is 9.53 Å². The molecular weight excluding hydrogens is 296 g/mol. The largest absolute Gasteiger partial charge is 0.383 e. The lowest BCUT2D eigenvalue weighted by Crippen LogP contribution is -2.53. The molecule has 3 rings (SSSR count). The summed E-state index contributed by atoms with van der Waals surface area (Å²) in [5.41, 5.74) is 0. The molecule has 0 spiro atoms. The monoisotopic (exact) mass is 322 g/mol. The lowest BCUT2D eigenvalue weighted by Gasteiger charge is -2.38. The molecule has 128 valence electrons. The highest BCUT2D eigenvalue weighted by atomic mass is 16.5. The van der Waals surface area contributed by atoms with Crippen molar-refractivity contribution in [1.82, 2.24) is 25.0 Å². The molecule has 2 saturated heterocycles. The van der Waals surface area contributed by atoms with Gasteiger partial charge in [-0.3, -0.25) is 4.79 Å². The van der Waals surface area contributed by atoms with E-state index in [0.717, 1.165) is 71.2 Å². The van der Waals surface area contributed by atoms with Crippen molar-refractivity contribution in [1.29, 1.82) is 0 Å². The summed E-state index contributed by atoms with van der Waals surface area (Å²) in [5.74, 6) is 1.24. The van der Waals surface area contributed by atoms with E-state index in [4.69, 9.17) is 4.74 Å². The molecule has 8 heteroatoms. The molecule has 0 saturated carbocycles. The first-order chi connectivity index (χ1) is 11.3. The molecule has 2 aliphatic heterocycles. The number of aromatic nitrogens is 3. The van der Waals surface area contributed by atoms with Crippen molar-refractivity contribution in [2.24, 2.45) is 5.92 Å². The molecule has 23 heavy (non-hydrogen) atoms. The molecule has 0 bridgehead atoms. The lowest BCUT2D eigenvalue weighted by molar-refractivity contribution is -0.137. The van der Waals surface area contributed by atoms with Crippen molar-refractivity contribution < 1.29 is 9.53 Å². The number of hydrogen-bond acceptors (Lipinski definition) is 6. The Balaban J connectivity index is 1.49. The zero-order chi connectivity index (χ0) is 16.1. The van der Waals surface area contributed by atoms with Gasteiger partial charge in [-0.1, -0.05) is 0 Å². The number of aromatic amines is 1. The SMILES string of the molecule is COCCN1CCCC(C(=O)N2CCN(c3ncn[nH]3)CC2)C1. The van der Waals surface area contributed by atoms with E-state index >= 15 is 0 Å². The van der Waals surface area contributed by atoms with Gasteiger partial charge in [0.15, 0.2) is 0 Å². The molecule has 0 radical (unpaired) electrons. The smallest absolute Gasteiger partial charge is 0.227 e. The highest BCUT2D eigenvalue weighted by Crippen LogP contribution is 2.20. The number of methoxy groups -OCH3 is 1. The van der Waals surface area contributed by atoms with Crippen LogP contribution in [0.4, 0.5) is 5.95 Å². The lowest BCUT2D eigenvalue weighted by atomic mass is 9.96. The number of nitrogens with one attached hydrogen (secondary N) is 1. The molecule has 1 aromatic rings. The number of piperidine rings is 1. The molecule has 1 aromatic heterocycles. The van der Waals surface area contributed by atoms with Crippen LogP contribution in [0.25, 0.3) is 0 Å². The topological polar surface area (TPSA) is 77.6 Å². The Morgan fingerprint density at radius 2 is 2.17 bits per heavy atom. The van der Waals surface area contributed by atoms with Crippen LogP contribution < -0.4 is 4.90 Å². The highest BCUT2D eigenvalue weighted by Gasteiger charge is 2.31. The second kappa shape index (κ2) is 7.74. The van der Waals surface area contributed by atoms with Crippen LogP contribution in [-0.4, -0.2) is 90.4 Å². The number of carbonyl (C=O) groups is 1. The van der Waals surface area contributed by atoms with Gasteiger partial charge in [-0.05, 0) is 19.4 Å². The molecule has 2 aliphatic rings. The van der Waals surface area contributed by atoms with E-state index in [1.165, 1.54) is 6.33 Å². The summed E-state index contributed by atoms with van der Waals surface area (Å²) in [6, 6.07) is 0. The molecule has 3 heterocycles. The Morgan fingerprint density at radius 3 is 2.87 bits per heavy atom. The molecule has 2 fully saturated rings. The fraction of sp³-hybridized carbons (Fsp3) is 0.800. The van der Waals surface area contributed by atoms with Crippen LogP contribution >= 0.6 is 0 Å². The number of likely N-dealkylation sites (tertiary alicyclic amines) is 1. The molecule has 1 atom stereocenters. The molecule has 0 aliphatic carbocycles. The Morgan fingerprint density at radius 1 is 1.35 bits per heavy atom. The summed E-state index contributed by atoms with van der Waals surface area (Å²) >= 11 is 0. The zero-order valence-electron chi connectivity index (χ0n) is 13.8. The van der Waals surface area contributed by atoms with Gasteiger partial charge in [0, 0.05) is 46.4 Å². The Kier molecular flexibility index (Phi) is 5.45. The minimum absolute atomic E-state index is 0.137. The van der Waals surface area contributed by atoms with Crippen LogP contribution in [0.2, 0.25) is 0 Å². The number of nitrogens with zero attached hydrogens (tertiary/aromatic N) is 5. The Labute approximate surface area is 136 Å². The normalized spacial score (nSPS) is 23.3. The molecular formula is C15H26N6O2. The second-order valence-corrected chi connectivity index (χ2v) is 6.25. The van der Waals surface area contributed by atoms with Gasteiger partial charge in [-0.15, -0.1) is 0 Å². The van der Waals surface area contributed by atoms with Crippen molar-refractivity contribution in [3.8, 4) is 0 Å². The number of amides is 1. The first kappa shape index (κ1) is 16.2. The minimum atomic E-state index is 0.137. The maximum Gasteiger partial charge on any atom is 0.227 e. The van der Waals surface area contributed by atoms with Gasteiger partial charge in [0.25, 0.3) is 0 Å². The summed E-state index contributed by atoms with van der Waals surface area (Å²) in [5, 5.41) is 6.77. The Hall–Kier alpha value is -1.67. The molecule has 0 aromatic carbocycles. The van der Waals surface area contributed by atoms with Gasteiger partial charge < -0.3 is 19.4 Å². The number of piperazine rings is 1. The standard InChI is InChI=1S/C15H26N6O2/c1-23-10-9-19-4-2-3-13(11-19)14(22)20-5-7-21(8-6-20)15-16-12-17-18-15/h12-13H,2-11H2,1H3,(H,16,17,18). The number of ether oxygens (including phenoxy) is 1. The zero-order valence-corrected chi connectivity index (χ0v) is 13.8. The van der Waals surface area contributed by atoms with E-state index < -0.39 is 0 Å². The van der Waals surface area contributed by atoms with Crippen LogP contribution in [0.15, 0.2) is 6.33 Å². The predicted octanol–water partition coefficient (Wildman–Crippen LogP) is -0.188. The van der Waals surface area contributed by atoms with Crippen LogP contribution in [0.3, 0.4) is 0 Å². The predicted molar refractivity (Wildman–Crippen MR) is 86.2 cm³/mol. The fourth-order valence-corrected chi connectivity index (χ4v) is 3.43. The van der Waals surface area contributed by atoms with Gasteiger partial charge in [0.2, 0.25) is 11.9 Å². The van der Waals surface area contributed by atoms with Crippen LogP contribution in [0.1, 0.15) is 12.8 Å². The second-order valence-electron chi connectivity index (χ2n) is 6.25. The van der Waals surface area contributed by atoms with E-state index in [-0.39, 0.29) is 5.92 Å². The van der Waals surface area contributed by atoms with E-state index in [2.05, 4.69) is 25.0 Å². The van der Waals surface area contributed by atoms with E-state index in [0.29, 0.717) is 5.91 Å². The van der Waals surface area contributed by atoms with Crippen LogP contribution in [0.5, 0.6) is 0 Å². The van der Waals surface area contributed by atoms with Crippen molar-refractivity contribution in [2.75, 3.05) is 64.4 Å². The average molecular weight is 322 g/mol. The average Bonchev–Trinajstić information content (AvgIpc) is 3.14. The van der Waals surface area contributed by atoms with E-state index in [1.54, 1.807) is 7.11 Å². The van der Waals surface area contributed by atoms with Crippen molar-refractivity contribution >= 4 is 11.9 Å². The third kappa shape index (κ3) is 4.00. The van der Waals surface area contributed by atoms with Gasteiger partial charge >= 0.3 is 0 Å². The minimum Gasteiger partial charge on any atom is -0.383 e. The third-order valence-electron chi connectivity index (χ3n) is 4.76. The van der Waals surface area contributed by atoms with Gasteiger partial charge in [0.1, 0.15) is 6.33 Å². The van der Waals surface area contributed by atoms with Gasteiger partial charge in [0.05, 0.1) is 12.5 Å². The summed E-state index contributed by atoms with van der Waals surface area (Å²) in [6.07, 6.45) is 3.62. The summed E-state index contributed by atoms with van der Waals surface area (Å²) in [4.78, 5) is 23.5. The number of anilines is 1. The van der Waals surface area contributed by atoms with Crippen molar-refractivity contribution in [2.45, 2.75) is 12.8 Å². The Bertz CT molecular complexity index is 486. The number of rotatable bonds is 5.